The Hall–Kier alpha value is -1.30. The first-order valence-electron chi connectivity index (χ1n) is 3.53. The Balaban J connectivity index is 2.88. The molecule has 0 aliphatic heterocycles. The van der Waals surface area contributed by atoms with Crippen molar-refractivity contribution in [2.45, 2.75) is 0 Å². The lowest BCUT2D eigenvalue weighted by atomic mass is 10.3. The summed E-state index contributed by atoms with van der Waals surface area (Å²) in [6, 6.07) is 0. The second-order valence-electron chi connectivity index (χ2n) is 2.44. The summed E-state index contributed by atoms with van der Waals surface area (Å²) in [6.07, 6.45) is 3.08. The molecule has 2 rings (SSSR count). The zero-order chi connectivity index (χ0) is 9.42. The third kappa shape index (κ3) is 1.23. The van der Waals surface area contributed by atoms with E-state index < -0.39 is 0 Å². The number of H-pyrrole nitrogens is 1. The molecule has 0 radical (unpaired) electrons. The molecule has 0 bridgehead atoms. The van der Waals surface area contributed by atoms with Gasteiger partial charge in [-0.05, 0) is 15.9 Å². The summed E-state index contributed by atoms with van der Waals surface area (Å²) in [5.74, 6) is 0. The summed E-state index contributed by atoms with van der Waals surface area (Å²) in [4.78, 5) is 19.9. The lowest BCUT2D eigenvalue weighted by molar-refractivity contribution is 0.136. The van der Waals surface area contributed by atoms with E-state index in [-0.39, 0.29) is 5.56 Å². The smallest absolute Gasteiger partial charge is 0.259 e. The fraction of sp³-hybridized carbons (Fsp3) is 0.143. The SMILES string of the molecule is COn1cc2c(=O)[nH]cc(Br)c2n1. The van der Waals surface area contributed by atoms with E-state index in [0.717, 1.165) is 4.47 Å². The van der Waals surface area contributed by atoms with E-state index in [1.165, 1.54) is 18.2 Å². The molecule has 0 amide bonds. The molecule has 0 spiro atoms. The first-order chi connectivity index (χ1) is 6.22. The Morgan fingerprint density at radius 3 is 3.08 bits per heavy atom. The molecule has 2 aromatic rings. The van der Waals surface area contributed by atoms with E-state index >= 15 is 0 Å². The number of pyridine rings is 1. The van der Waals surface area contributed by atoms with Crippen molar-refractivity contribution in [2.75, 3.05) is 7.11 Å². The van der Waals surface area contributed by atoms with Gasteiger partial charge in [-0.1, -0.05) is 0 Å². The summed E-state index contributed by atoms with van der Waals surface area (Å²) in [5.41, 5.74) is 0.409. The van der Waals surface area contributed by atoms with Crippen LogP contribution < -0.4 is 10.4 Å². The molecule has 0 aliphatic rings. The zero-order valence-electron chi connectivity index (χ0n) is 6.74. The van der Waals surface area contributed by atoms with Crippen molar-refractivity contribution in [2.24, 2.45) is 0 Å². The van der Waals surface area contributed by atoms with E-state index in [0.29, 0.717) is 10.9 Å². The maximum Gasteiger partial charge on any atom is 0.259 e. The van der Waals surface area contributed by atoms with Gasteiger partial charge < -0.3 is 9.82 Å². The van der Waals surface area contributed by atoms with Crippen molar-refractivity contribution in [1.29, 1.82) is 0 Å². The zero-order valence-corrected chi connectivity index (χ0v) is 8.33. The van der Waals surface area contributed by atoms with Crippen LogP contribution >= 0.6 is 15.9 Å². The van der Waals surface area contributed by atoms with E-state index in [2.05, 4.69) is 26.0 Å². The number of halogens is 1. The first kappa shape index (κ1) is 8.31. The number of nitrogens with one attached hydrogen (secondary N) is 1. The fourth-order valence-corrected chi connectivity index (χ4v) is 1.47. The van der Waals surface area contributed by atoms with Gasteiger partial charge in [-0.2, -0.15) is 0 Å². The molecule has 0 fully saturated rings. The van der Waals surface area contributed by atoms with Crippen LogP contribution in [-0.2, 0) is 0 Å². The molecular weight excluding hydrogens is 238 g/mol. The van der Waals surface area contributed by atoms with Crippen molar-refractivity contribution in [1.82, 2.24) is 14.9 Å². The normalized spacial score (nSPS) is 10.6. The van der Waals surface area contributed by atoms with E-state index in [9.17, 15) is 4.79 Å². The first-order valence-corrected chi connectivity index (χ1v) is 4.32. The molecule has 0 aromatic carbocycles. The summed E-state index contributed by atoms with van der Waals surface area (Å²) < 4.78 is 0.734. The summed E-state index contributed by atoms with van der Waals surface area (Å²) >= 11 is 3.27. The van der Waals surface area contributed by atoms with Crippen LogP contribution in [0.1, 0.15) is 0 Å². The molecule has 5 nitrogen and oxygen atoms in total. The van der Waals surface area contributed by atoms with Gasteiger partial charge in [0.05, 0.1) is 16.1 Å². The molecule has 2 heterocycles. The van der Waals surface area contributed by atoms with Crippen molar-refractivity contribution in [3.05, 3.63) is 27.2 Å². The molecule has 6 heteroatoms. The maximum absolute atomic E-state index is 11.3. The van der Waals surface area contributed by atoms with Gasteiger partial charge in [-0.3, -0.25) is 4.79 Å². The lowest BCUT2D eigenvalue weighted by Crippen LogP contribution is -2.05. The second kappa shape index (κ2) is 2.88. The third-order valence-corrected chi connectivity index (χ3v) is 2.29. The molecule has 0 saturated heterocycles. The van der Waals surface area contributed by atoms with Crippen LogP contribution in [0.25, 0.3) is 10.9 Å². The topological polar surface area (TPSA) is 59.9 Å². The van der Waals surface area contributed by atoms with E-state index in [1.807, 2.05) is 0 Å². The van der Waals surface area contributed by atoms with Crippen LogP contribution in [0.2, 0.25) is 0 Å². The average molecular weight is 244 g/mol. The molecule has 0 saturated carbocycles. The summed E-state index contributed by atoms with van der Waals surface area (Å²) in [7, 11) is 1.48. The molecule has 0 aliphatic carbocycles. The van der Waals surface area contributed by atoms with Crippen molar-refractivity contribution in [3.8, 4) is 0 Å². The Bertz CT molecular complexity index is 502. The van der Waals surface area contributed by atoms with Gasteiger partial charge in [0.25, 0.3) is 5.56 Å². The van der Waals surface area contributed by atoms with Gasteiger partial charge in [0, 0.05) is 6.20 Å². The fourth-order valence-electron chi connectivity index (χ4n) is 1.06. The summed E-state index contributed by atoms with van der Waals surface area (Å²) in [5, 5.41) is 4.52. The van der Waals surface area contributed by atoms with Gasteiger partial charge in [0.15, 0.2) is 0 Å². The number of aromatic nitrogens is 3. The predicted octanol–water partition coefficient (Wildman–Crippen LogP) is 0.545. The van der Waals surface area contributed by atoms with E-state index in [4.69, 9.17) is 4.84 Å². The van der Waals surface area contributed by atoms with Crippen molar-refractivity contribution < 1.29 is 4.84 Å². The minimum absolute atomic E-state index is 0.179. The van der Waals surface area contributed by atoms with Crippen LogP contribution in [0, 0.1) is 0 Å². The molecule has 1 N–H and O–H groups in total. The molecule has 13 heavy (non-hydrogen) atoms. The van der Waals surface area contributed by atoms with Crippen molar-refractivity contribution >= 4 is 26.8 Å². The molecule has 0 atom stereocenters. The Morgan fingerprint density at radius 2 is 2.46 bits per heavy atom. The standard InChI is InChI=1S/C7H6BrN3O2/c1-13-11-3-4-6(10-11)5(8)2-9-7(4)12/h2-3H,1H3,(H,9,12). The minimum atomic E-state index is -0.179. The largest absolute Gasteiger partial charge is 0.400 e. The van der Waals surface area contributed by atoms with Gasteiger partial charge in [-0.15, -0.1) is 9.94 Å². The van der Waals surface area contributed by atoms with Crippen molar-refractivity contribution in [3.63, 3.8) is 0 Å². The highest BCUT2D eigenvalue weighted by Crippen LogP contribution is 2.17. The molecule has 2 aromatic heterocycles. The highest BCUT2D eigenvalue weighted by atomic mass is 79.9. The van der Waals surface area contributed by atoms with Crippen LogP contribution in [0.15, 0.2) is 21.7 Å². The van der Waals surface area contributed by atoms with E-state index in [1.54, 1.807) is 6.20 Å². The van der Waals surface area contributed by atoms with Crippen LogP contribution in [0.3, 0.4) is 0 Å². The highest BCUT2D eigenvalue weighted by molar-refractivity contribution is 9.10. The average Bonchev–Trinajstić information content (AvgIpc) is 2.56. The van der Waals surface area contributed by atoms with Crippen LogP contribution in [0.5, 0.6) is 0 Å². The van der Waals surface area contributed by atoms with Gasteiger partial charge in [-0.25, -0.2) is 0 Å². The number of nitrogens with zero attached hydrogens (tertiary/aromatic N) is 2. The summed E-state index contributed by atoms with van der Waals surface area (Å²) in [6.45, 7) is 0. The predicted molar refractivity (Wildman–Crippen MR) is 50.6 cm³/mol. The Labute approximate surface area is 81.4 Å². The number of hydrogen-bond donors (Lipinski definition) is 1. The highest BCUT2D eigenvalue weighted by Gasteiger charge is 2.07. The Kier molecular flexibility index (Phi) is 1.84. The Morgan fingerprint density at radius 1 is 1.69 bits per heavy atom. The van der Waals surface area contributed by atoms with Crippen LogP contribution in [0.4, 0.5) is 0 Å². The molecule has 0 unspecified atom stereocenters. The van der Waals surface area contributed by atoms with Crippen LogP contribution in [-0.4, -0.2) is 22.0 Å². The molecular formula is C7H6BrN3O2. The van der Waals surface area contributed by atoms with Gasteiger partial charge in [0.1, 0.15) is 12.6 Å². The number of aromatic amines is 1. The monoisotopic (exact) mass is 243 g/mol. The quantitative estimate of drug-likeness (QED) is 0.796. The number of rotatable bonds is 1. The third-order valence-electron chi connectivity index (χ3n) is 1.68. The lowest BCUT2D eigenvalue weighted by Gasteiger charge is -1.92. The second-order valence-corrected chi connectivity index (χ2v) is 3.30. The molecule has 68 valence electrons. The van der Waals surface area contributed by atoms with Gasteiger partial charge >= 0.3 is 0 Å². The minimum Gasteiger partial charge on any atom is -0.400 e. The maximum atomic E-state index is 11.3. The number of fused-ring (bicyclic) bond motifs is 1. The number of hydrogen-bond acceptors (Lipinski definition) is 3. The van der Waals surface area contributed by atoms with Gasteiger partial charge in [0.2, 0.25) is 0 Å².